The van der Waals surface area contributed by atoms with Gasteiger partial charge >= 0.3 is 0 Å². The normalized spacial score (nSPS) is 11.2. The van der Waals surface area contributed by atoms with Gasteiger partial charge in [0.2, 0.25) is 10.0 Å². The Kier molecular flexibility index (Phi) is 5.74. The molecule has 0 atom stereocenters. The summed E-state index contributed by atoms with van der Waals surface area (Å²) in [4.78, 5) is 24.7. The number of carbonyl (C=O) groups is 2. The lowest BCUT2D eigenvalue weighted by atomic mass is 9.99. The van der Waals surface area contributed by atoms with Crippen LogP contribution in [-0.2, 0) is 16.4 Å². The Balaban J connectivity index is 1.82. The van der Waals surface area contributed by atoms with Gasteiger partial charge in [-0.3, -0.25) is 9.59 Å². The van der Waals surface area contributed by atoms with Crippen molar-refractivity contribution in [2.75, 3.05) is 0 Å². The second-order valence-corrected chi connectivity index (χ2v) is 8.12. The first-order chi connectivity index (χ1) is 13.3. The van der Waals surface area contributed by atoms with Crippen LogP contribution < -0.4 is 5.14 Å². The highest BCUT2D eigenvalue weighted by molar-refractivity contribution is 7.89. The summed E-state index contributed by atoms with van der Waals surface area (Å²) in [6.07, 6.45) is 0.267. The summed E-state index contributed by atoms with van der Waals surface area (Å²) in [5, 5.41) is 5.07. The van der Waals surface area contributed by atoms with Crippen LogP contribution in [0.4, 0.5) is 0 Å². The number of Topliss-reactive ketones (excluding diaryl/α,β-unsaturated/α-hetero) is 1. The molecule has 0 aliphatic carbocycles. The maximum absolute atomic E-state index is 12.6. The summed E-state index contributed by atoms with van der Waals surface area (Å²) in [6, 6.07) is 19.5. The van der Waals surface area contributed by atoms with Crippen molar-refractivity contribution in [1.82, 2.24) is 0 Å². The van der Waals surface area contributed by atoms with Crippen molar-refractivity contribution >= 4 is 33.2 Å². The smallest absolute Gasteiger partial charge is 0.239 e. The molecule has 0 amide bonds. The molecule has 2 N–H and O–H groups in total. The summed E-state index contributed by atoms with van der Waals surface area (Å²) >= 11 is 5.85. The summed E-state index contributed by atoms with van der Waals surface area (Å²) in [6.45, 7) is 0. The molecular formula is C21H16ClNO4S. The van der Waals surface area contributed by atoms with Crippen molar-refractivity contribution in [3.63, 3.8) is 0 Å². The molecule has 3 aromatic rings. The molecule has 3 rings (SSSR count). The summed E-state index contributed by atoms with van der Waals surface area (Å²) < 4.78 is 23.2. The zero-order valence-corrected chi connectivity index (χ0v) is 16.2. The van der Waals surface area contributed by atoms with Gasteiger partial charge in [0.15, 0.2) is 11.6 Å². The van der Waals surface area contributed by atoms with E-state index in [-0.39, 0.29) is 27.7 Å². The molecule has 0 saturated heterocycles. The first-order valence-electron chi connectivity index (χ1n) is 8.30. The fraction of sp³-hybridized carbons (Fsp3) is 0.0476. The number of halogens is 1. The predicted octanol–water partition coefficient (Wildman–Crippen LogP) is 3.64. The Hall–Kier alpha value is -2.80. The van der Waals surface area contributed by atoms with Crippen LogP contribution in [0.2, 0.25) is 5.02 Å². The lowest BCUT2D eigenvalue weighted by molar-refractivity contribution is 0.0990. The summed E-state index contributed by atoms with van der Waals surface area (Å²) in [5.74, 6) is -0.461. The van der Waals surface area contributed by atoms with E-state index >= 15 is 0 Å². The van der Waals surface area contributed by atoms with E-state index in [0.29, 0.717) is 11.1 Å². The van der Waals surface area contributed by atoms with Crippen LogP contribution in [0.25, 0.3) is 0 Å². The average molecular weight is 414 g/mol. The minimum atomic E-state index is -4.05. The maximum Gasteiger partial charge on any atom is 0.239 e. The Morgan fingerprint density at radius 3 is 2.00 bits per heavy atom. The molecular weight excluding hydrogens is 398 g/mol. The number of ketones is 2. The second kappa shape index (κ2) is 8.06. The third-order valence-electron chi connectivity index (χ3n) is 4.18. The summed E-state index contributed by atoms with van der Waals surface area (Å²) in [5.41, 5.74) is 1.85. The molecule has 3 aromatic carbocycles. The van der Waals surface area contributed by atoms with Crippen LogP contribution >= 0.6 is 11.6 Å². The number of benzene rings is 3. The lowest BCUT2D eigenvalue weighted by Crippen LogP contribution is -2.14. The molecule has 0 saturated carbocycles. The van der Waals surface area contributed by atoms with Crippen molar-refractivity contribution in [2.24, 2.45) is 5.14 Å². The van der Waals surface area contributed by atoms with Crippen molar-refractivity contribution in [1.29, 1.82) is 0 Å². The van der Waals surface area contributed by atoms with Crippen LogP contribution in [0.5, 0.6) is 0 Å². The van der Waals surface area contributed by atoms with Gasteiger partial charge < -0.3 is 0 Å². The van der Waals surface area contributed by atoms with Crippen molar-refractivity contribution in [2.45, 2.75) is 11.3 Å². The van der Waals surface area contributed by atoms with Gasteiger partial charge in [0.1, 0.15) is 4.90 Å². The summed E-state index contributed by atoms with van der Waals surface area (Å²) in [7, 11) is -4.05. The molecule has 28 heavy (non-hydrogen) atoms. The molecule has 0 fully saturated rings. The predicted molar refractivity (Wildman–Crippen MR) is 107 cm³/mol. The minimum Gasteiger partial charge on any atom is -0.294 e. The molecule has 142 valence electrons. The van der Waals surface area contributed by atoms with Gasteiger partial charge in [0, 0.05) is 23.1 Å². The van der Waals surface area contributed by atoms with Gasteiger partial charge in [-0.15, -0.1) is 0 Å². The van der Waals surface area contributed by atoms with Crippen molar-refractivity contribution in [3.8, 4) is 0 Å². The monoisotopic (exact) mass is 413 g/mol. The van der Waals surface area contributed by atoms with Gasteiger partial charge in [0.05, 0.1) is 5.02 Å². The fourth-order valence-electron chi connectivity index (χ4n) is 2.72. The van der Waals surface area contributed by atoms with Crippen LogP contribution in [0.15, 0.2) is 77.7 Å². The first-order valence-corrected chi connectivity index (χ1v) is 10.2. The SMILES string of the molecule is NS(=O)(=O)c1cc(C(=O)c2ccc(C(=O)Cc3ccccc3)cc2)ccc1Cl. The lowest BCUT2D eigenvalue weighted by Gasteiger charge is -2.07. The maximum atomic E-state index is 12.6. The van der Waals surface area contributed by atoms with Crippen LogP contribution in [-0.4, -0.2) is 20.0 Å². The van der Waals surface area contributed by atoms with Gasteiger partial charge in [-0.25, -0.2) is 13.6 Å². The number of carbonyl (C=O) groups excluding carboxylic acids is 2. The molecule has 0 bridgehead atoms. The average Bonchev–Trinajstić information content (AvgIpc) is 2.68. The third kappa shape index (κ3) is 4.54. The highest BCUT2D eigenvalue weighted by atomic mass is 35.5. The Bertz CT molecular complexity index is 1140. The molecule has 0 unspecified atom stereocenters. The molecule has 0 aromatic heterocycles. The minimum absolute atomic E-state index is 0.0547. The molecule has 7 heteroatoms. The van der Waals surface area contributed by atoms with E-state index in [2.05, 4.69) is 0 Å². The Morgan fingerprint density at radius 1 is 0.821 bits per heavy atom. The van der Waals surface area contributed by atoms with Crippen molar-refractivity contribution < 1.29 is 18.0 Å². The molecule has 0 spiro atoms. The standard InChI is InChI=1S/C21H16ClNO4S/c22-18-11-10-17(13-20(18)28(23,26)27)21(25)16-8-6-15(7-9-16)19(24)12-14-4-2-1-3-5-14/h1-11,13H,12H2,(H2,23,26,27). The van der Waals surface area contributed by atoms with Crippen LogP contribution in [0, 0.1) is 0 Å². The quantitative estimate of drug-likeness (QED) is 0.624. The number of hydrogen-bond donors (Lipinski definition) is 1. The van der Waals surface area contributed by atoms with E-state index in [1.165, 1.54) is 24.3 Å². The number of nitrogens with two attached hydrogens (primary N) is 1. The third-order valence-corrected chi connectivity index (χ3v) is 5.57. The zero-order chi connectivity index (χ0) is 20.3. The molecule has 5 nitrogen and oxygen atoms in total. The Labute approximate surface area is 167 Å². The number of primary sulfonamides is 1. The van der Waals surface area contributed by atoms with E-state index in [4.69, 9.17) is 16.7 Å². The van der Waals surface area contributed by atoms with Gasteiger partial charge in [-0.1, -0.05) is 66.2 Å². The van der Waals surface area contributed by atoms with Gasteiger partial charge in [0.25, 0.3) is 0 Å². The topological polar surface area (TPSA) is 94.3 Å². The first kappa shape index (κ1) is 19.9. The van der Waals surface area contributed by atoms with E-state index in [0.717, 1.165) is 11.6 Å². The molecule has 0 aliphatic rings. The van der Waals surface area contributed by atoms with E-state index in [1.807, 2.05) is 30.3 Å². The zero-order valence-electron chi connectivity index (χ0n) is 14.6. The van der Waals surface area contributed by atoms with E-state index in [9.17, 15) is 18.0 Å². The number of sulfonamides is 1. The number of rotatable bonds is 6. The van der Waals surface area contributed by atoms with E-state index < -0.39 is 15.8 Å². The Morgan fingerprint density at radius 2 is 1.39 bits per heavy atom. The van der Waals surface area contributed by atoms with Gasteiger partial charge in [-0.2, -0.15) is 0 Å². The second-order valence-electron chi connectivity index (χ2n) is 6.18. The fourth-order valence-corrected chi connectivity index (χ4v) is 3.79. The highest BCUT2D eigenvalue weighted by Gasteiger charge is 2.17. The largest absolute Gasteiger partial charge is 0.294 e. The van der Waals surface area contributed by atoms with Crippen molar-refractivity contribution in [3.05, 3.63) is 100 Å². The molecule has 0 heterocycles. The van der Waals surface area contributed by atoms with Crippen LogP contribution in [0.3, 0.4) is 0 Å². The molecule has 0 aliphatic heterocycles. The highest BCUT2D eigenvalue weighted by Crippen LogP contribution is 2.23. The molecule has 0 radical (unpaired) electrons. The van der Waals surface area contributed by atoms with E-state index in [1.54, 1.807) is 12.1 Å². The number of hydrogen-bond acceptors (Lipinski definition) is 4. The van der Waals surface area contributed by atoms with Crippen LogP contribution in [0.1, 0.15) is 31.8 Å². The van der Waals surface area contributed by atoms with Gasteiger partial charge in [-0.05, 0) is 23.8 Å².